The van der Waals surface area contributed by atoms with Gasteiger partial charge in [-0.1, -0.05) is 60.7 Å². The van der Waals surface area contributed by atoms with Gasteiger partial charge in [0, 0.05) is 29.8 Å². The lowest BCUT2D eigenvalue weighted by Gasteiger charge is -2.34. The zero-order valence-electron chi connectivity index (χ0n) is 16.0. The standard InChI is InChI=1S/C24H24N4/c1-16-12-19(13-21(27-16)18-10-6-3-7-11-18)24-26-15-22-23(28-24)20(14-25-22)17-8-4-2-5-9-17/h2-11,14-16,19,21,25,27H,12-13H2,1H3. The zero-order valence-corrected chi connectivity index (χ0v) is 16.0. The molecule has 1 fully saturated rings. The van der Waals surface area contributed by atoms with E-state index in [9.17, 15) is 0 Å². The lowest BCUT2D eigenvalue weighted by molar-refractivity contribution is 0.300. The van der Waals surface area contributed by atoms with E-state index in [1.165, 1.54) is 11.1 Å². The fraction of sp³-hybridized carbons (Fsp3) is 0.250. The van der Waals surface area contributed by atoms with E-state index < -0.39 is 0 Å². The molecule has 0 saturated carbocycles. The van der Waals surface area contributed by atoms with Crippen molar-refractivity contribution >= 4 is 11.0 Å². The molecular weight excluding hydrogens is 344 g/mol. The van der Waals surface area contributed by atoms with Gasteiger partial charge in [0.1, 0.15) is 5.82 Å². The minimum absolute atomic E-state index is 0.342. The SMILES string of the molecule is CC1CC(c2ncc3[nH]cc(-c4ccccc4)c3n2)CC(c2ccccc2)N1. The third-order valence-electron chi connectivity index (χ3n) is 5.73. The molecule has 140 valence electrons. The molecule has 4 aromatic rings. The number of rotatable bonds is 3. The predicted molar refractivity (Wildman–Crippen MR) is 113 cm³/mol. The number of benzene rings is 2. The minimum Gasteiger partial charge on any atom is -0.358 e. The molecule has 0 spiro atoms. The normalized spacial score (nSPS) is 22.4. The van der Waals surface area contributed by atoms with Crippen LogP contribution in [0.15, 0.2) is 73.1 Å². The molecule has 4 heteroatoms. The van der Waals surface area contributed by atoms with Gasteiger partial charge in [-0.25, -0.2) is 9.97 Å². The molecule has 0 bridgehead atoms. The smallest absolute Gasteiger partial charge is 0.132 e. The summed E-state index contributed by atoms with van der Waals surface area (Å²) in [7, 11) is 0. The van der Waals surface area contributed by atoms with Crippen LogP contribution in [0.25, 0.3) is 22.2 Å². The number of hydrogen-bond donors (Lipinski definition) is 2. The first kappa shape index (κ1) is 17.1. The molecule has 2 aromatic carbocycles. The van der Waals surface area contributed by atoms with Gasteiger partial charge in [-0.3, -0.25) is 0 Å². The van der Waals surface area contributed by atoms with Gasteiger partial charge >= 0.3 is 0 Å². The van der Waals surface area contributed by atoms with Crippen LogP contribution < -0.4 is 5.32 Å². The highest BCUT2D eigenvalue weighted by molar-refractivity contribution is 5.91. The number of nitrogens with one attached hydrogen (secondary N) is 2. The third-order valence-corrected chi connectivity index (χ3v) is 5.73. The molecule has 0 radical (unpaired) electrons. The van der Waals surface area contributed by atoms with Crippen molar-refractivity contribution in [3.05, 3.63) is 84.4 Å². The summed E-state index contributed by atoms with van der Waals surface area (Å²) in [5.74, 6) is 1.31. The van der Waals surface area contributed by atoms with Crippen molar-refractivity contribution in [2.45, 2.75) is 37.8 Å². The second-order valence-electron chi connectivity index (χ2n) is 7.76. The Hall–Kier alpha value is -2.98. The highest BCUT2D eigenvalue weighted by atomic mass is 15.0. The van der Waals surface area contributed by atoms with Gasteiger partial charge in [0.15, 0.2) is 0 Å². The van der Waals surface area contributed by atoms with Crippen molar-refractivity contribution in [2.75, 3.05) is 0 Å². The first-order valence-corrected chi connectivity index (χ1v) is 9.98. The summed E-state index contributed by atoms with van der Waals surface area (Å²) in [5, 5.41) is 3.74. The highest BCUT2D eigenvalue weighted by Crippen LogP contribution is 2.36. The fourth-order valence-corrected chi connectivity index (χ4v) is 4.37. The molecule has 1 aliphatic heterocycles. The van der Waals surface area contributed by atoms with Gasteiger partial charge in [-0.05, 0) is 30.9 Å². The van der Waals surface area contributed by atoms with Crippen LogP contribution in [-0.2, 0) is 0 Å². The van der Waals surface area contributed by atoms with Crippen molar-refractivity contribution in [1.82, 2.24) is 20.3 Å². The Kier molecular flexibility index (Phi) is 4.41. The minimum atomic E-state index is 0.342. The Morgan fingerprint density at radius 2 is 1.68 bits per heavy atom. The lowest BCUT2D eigenvalue weighted by atomic mass is 9.85. The summed E-state index contributed by atoms with van der Waals surface area (Å²) in [6.07, 6.45) is 6.05. The Labute approximate surface area is 165 Å². The van der Waals surface area contributed by atoms with Gasteiger partial charge < -0.3 is 10.3 Å². The van der Waals surface area contributed by atoms with Gasteiger partial charge in [0.2, 0.25) is 0 Å². The molecule has 1 aliphatic rings. The van der Waals surface area contributed by atoms with Gasteiger partial charge in [-0.15, -0.1) is 0 Å². The number of H-pyrrole nitrogens is 1. The summed E-state index contributed by atoms with van der Waals surface area (Å²) in [6.45, 7) is 2.26. The molecule has 4 nitrogen and oxygen atoms in total. The summed E-state index contributed by atoms with van der Waals surface area (Å²) in [6, 6.07) is 21.9. The van der Waals surface area contributed by atoms with Gasteiger partial charge in [0.25, 0.3) is 0 Å². The van der Waals surface area contributed by atoms with Crippen LogP contribution in [0.4, 0.5) is 0 Å². The molecule has 3 unspecified atom stereocenters. The highest BCUT2D eigenvalue weighted by Gasteiger charge is 2.29. The van der Waals surface area contributed by atoms with E-state index >= 15 is 0 Å². The van der Waals surface area contributed by atoms with Crippen molar-refractivity contribution in [3.8, 4) is 11.1 Å². The number of fused-ring (bicyclic) bond motifs is 1. The first-order chi connectivity index (χ1) is 13.8. The molecule has 3 heterocycles. The third kappa shape index (κ3) is 3.20. The van der Waals surface area contributed by atoms with Crippen LogP contribution in [0.5, 0.6) is 0 Å². The maximum atomic E-state index is 5.03. The molecule has 3 atom stereocenters. The summed E-state index contributed by atoms with van der Waals surface area (Å²) in [4.78, 5) is 13.1. The molecule has 0 aliphatic carbocycles. The molecule has 5 rings (SSSR count). The van der Waals surface area contributed by atoms with E-state index in [-0.39, 0.29) is 0 Å². The Balaban J connectivity index is 1.50. The second-order valence-corrected chi connectivity index (χ2v) is 7.76. The quantitative estimate of drug-likeness (QED) is 0.521. The van der Waals surface area contributed by atoms with Crippen LogP contribution in [0.1, 0.15) is 43.1 Å². The van der Waals surface area contributed by atoms with Gasteiger partial charge in [-0.2, -0.15) is 0 Å². The maximum absolute atomic E-state index is 5.03. The Morgan fingerprint density at radius 3 is 2.46 bits per heavy atom. The van der Waals surface area contributed by atoms with Crippen molar-refractivity contribution in [2.24, 2.45) is 0 Å². The lowest BCUT2D eigenvalue weighted by Crippen LogP contribution is -2.38. The van der Waals surface area contributed by atoms with Crippen molar-refractivity contribution in [3.63, 3.8) is 0 Å². The predicted octanol–water partition coefficient (Wildman–Crippen LogP) is 5.22. The van der Waals surface area contributed by atoms with Gasteiger partial charge in [0.05, 0.1) is 17.2 Å². The number of aromatic nitrogens is 3. The van der Waals surface area contributed by atoms with Crippen LogP contribution >= 0.6 is 0 Å². The van der Waals surface area contributed by atoms with E-state index in [1.54, 1.807) is 0 Å². The van der Waals surface area contributed by atoms with E-state index in [4.69, 9.17) is 9.97 Å². The monoisotopic (exact) mass is 368 g/mol. The molecule has 2 aromatic heterocycles. The van der Waals surface area contributed by atoms with Crippen molar-refractivity contribution in [1.29, 1.82) is 0 Å². The van der Waals surface area contributed by atoms with Crippen molar-refractivity contribution < 1.29 is 0 Å². The largest absolute Gasteiger partial charge is 0.358 e. The number of hydrogen-bond acceptors (Lipinski definition) is 3. The number of aromatic amines is 1. The molecular formula is C24H24N4. The second kappa shape index (κ2) is 7.21. The molecule has 28 heavy (non-hydrogen) atoms. The summed E-state index contributed by atoms with van der Waals surface area (Å²) >= 11 is 0. The molecule has 2 N–H and O–H groups in total. The van der Waals surface area contributed by atoms with E-state index in [0.29, 0.717) is 18.0 Å². The van der Waals surface area contributed by atoms with E-state index in [2.05, 4.69) is 71.8 Å². The number of nitrogens with zero attached hydrogens (tertiary/aromatic N) is 2. The topological polar surface area (TPSA) is 53.6 Å². The van der Waals surface area contributed by atoms with Crippen LogP contribution in [-0.4, -0.2) is 21.0 Å². The average Bonchev–Trinajstić information content (AvgIpc) is 3.18. The Morgan fingerprint density at radius 1 is 0.929 bits per heavy atom. The first-order valence-electron chi connectivity index (χ1n) is 9.98. The Bertz CT molecular complexity index is 1070. The maximum Gasteiger partial charge on any atom is 0.132 e. The molecule has 0 amide bonds. The van der Waals surface area contributed by atoms with E-state index in [1.807, 2.05) is 18.5 Å². The summed E-state index contributed by atoms with van der Waals surface area (Å²) in [5.41, 5.74) is 5.66. The average molecular weight is 368 g/mol. The van der Waals surface area contributed by atoms with Crippen LogP contribution in [0.3, 0.4) is 0 Å². The van der Waals surface area contributed by atoms with Crippen LogP contribution in [0.2, 0.25) is 0 Å². The fourth-order valence-electron chi connectivity index (χ4n) is 4.37. The zero-order chi connectivity index (χ0) is 18.9. The van der Waals surface area contributed by atoms with Crippen LogP contribution in [0, 0.1) is 0 Å². The van der Waals surface area contributed by atoms with E-state index in [0.717, 1.165) is 35.3 Å². The molecule has 1 saturated heterocycles. The number of piperidine rings is 1. The summed E-state index contributed by atoms with van der Waals surface area (Å²) < 4.78 is 0.